The van der Waals surface area contributed by atoms with Crippen molar-refractivity contribution in [3.63, 3.8) is 0 Å². The van der Waals surface area contributed by atoms with Gasteiger partial charge in [0.15, 0.2) is 0 Å². The maximum atomic E-state index is 11.8. The molecule has 2 unspecified atom stereocenters. The summed E-state index contributed by atoms with van der Waals surface area (Å²) in [5, 5.41) is 6.51. The molecular weight excluding hydrogens is 252 g/mol. The van der Waals surface area contributed by atoms with Gasteiger partial charge in [-0.15, -0.1) is 0 Å². The molecule has 0 heterocycles. The molecular formula is C16H32N2O2. The van der Waals surface area contributed by atoms with Crippen molar-refractivity contribution in [2.75, 3.05) is 6.54 Å². The molecule has 1 rings (SSSR count). The lowest BCUT2D eigenvalue weighted by Crippen LogP contribution is -2.48. The predicted molar refractivity (Wildman–Crippen MR) is 82.8 cm³/mol. The van der Waals surface area contributed by atoms with Gasteiger partial charge in [-0.3, -0.25) is 0 Å². The lowest BCUT2D eigenvalue weighted by atomic mass is 10.0. The molecule has 0 aromatic heterocycles. The van der Waals surface area contributed by atoms with Crippen LogP contribution in [0.15, 0.2) is 0 Å². The lowest BCUT2D eigenvalue weighted by Gasteiger charge is -2.27. The fraction of sp³-hybridized carbons (Fsp3) is 0.938. The van der Waals surface area contributed by atoms with Crippen molar-refractivity contribution < 1.29 is 9.53 Å². The molecule has 0 radical (unpaired) electrons. The van der Waals surface area contributed by atoms with Gasteiger partial charge in [-0.25, -0.2) is 4.79 Å². The van der Waals surface area contributed by atoms with E-state index in [1.54, 1.807) is 0 Å². The Hall–Kier alpha value is -0.770. The smallest absolute Gasteiger partial charge is 0.407 e. The van der Waals surface area contributed by atoms with Gasteiger partial charge in [0.25, 0.3) is 0 Å². The second kappa shape index (κ2) is 7.30. The number of amides is 1. The Balaban J connectivity index is 2.33. The largest absolute Gasteiger partial charge is 0.444 e. The van der Waals surface area contributed by atoms with Crippen molar-refractivity contribution in [2.45, 2.75) is 78.5 Å². The van der Waals surface area contributed by atoms with Crippen LogP contribution < -0.4 is 10.6 Å². The maximum Gasteiger partial charge on any atom is 0.407 e. The Morgan fingerprint density at radius 2 is 1.85 bits per heavy atom. The van der Waals surface area contributed by atoms with Crippen LogP contribution in [-0.4, -0.2) is 30.3 Å². The highest BCUT2D eigenvalue weighted by molar-refractivity contribution is 5.68. The molecule has 0 aliphatic heterocycles. The molecule has 20 heavy (non-hydrogen) atoms. The Bertz CT molecular complexity index is 306. The fourth-order valence-corrected chi connectivity index (χ4v) is 2.18. The van der Waals surface area contributed by atoms with E-state index in [1.165, 1.54) is 19.3 Å². The quantitative estimate of drug-likeness (QED) is 0.754. The zero-order chi connectivity index (χ0) is 15.3. The van der Waals surface area contributed by atoms with Crippen molar-refractivity contribution in [2.24, 2.45) is 11.8 Å². The van der Waals surface area contributed by atoms with E-state index in [-0.39, 0.29) is 12.1 Å². The van der Waals surface area contributed by atoms with Crippen LogP contribution in [0, 0.1) is 11.8 Å². The standard InChI is InChI=1S/C16H32N2O2/c1-11(2)14(18-15(19)20-16(4,5)6)10-17-12(3)9-13-7-8-13/h11-14,17H,7-10H2,1-6H3,(H,18,19). The highest BCUT2D eigenvalue weighted by Crippen LogP contribution is 2.33. The number of hydrogen-bond donors (Lipinski definition) is 2. The first-order chi connectivity index (χ1) is 9.17. The van der Waals surface area contributed by atoms with Crippen molar-refractivity contribution >= 4 is 6.09 Å². The Kier molecular flexibility index (Phi) is 6.31. The average molecular weight is 284 g/mol. The second-order valence-corrected chi connectivity index (χ2v) is 7.49. The highest BCUT2D eigenvalue weighted by Gasteiger charge is 2.25. The van der Waals surface area contributed by atoms with Gasteiger partial charge in [0, 0.05) is 18.6 Å². The summed E-state index contributed by atoms with van der Waals surface area (Å²) in [6.45, 7) is 12.9. The first-order valence-electron chi connectivity index (χ1n) is 7.90. The van der Waals surface area contributed by atoms with Gasteiger partial charge in [-0.05, 0) is 46.0 Å². The summed E-state index contributed by atoms with van der Waals surface area (Å²) in [6.07, 6.45) is 3.69. The van der Waals surface area contributed by atoms with Crippen LogP contribution in [0.25, 0.3) is 0 Å². The molecule has 1 fully saturated rings. The molecule has 1 aliphatic carbocycles. The first kappa shape index (κ1) is 17.3. The van der Waals surface area contributed by atoms with Crippen LogP contribution in [0.2, 0.25) is 0 Å². The van der Waals surface area contributed by atoms with Crippen LogP contribution in [0.5, 0.6) is 0 Å². The molecule has 0 aromatic rings. The van der Waals surface area contributed by atoms with Gasteiger partial charge in [0.1, 0.15) is 5.60 Å². The SMILES string of the molecule is CC(CC1CC1)NCC(NC(=O)OC(C)(C)C)C(C)C. The molecule has 0 saturated heterocycles. The number of rotatable bonds is 7. The summed E-state index contributed by atoms with van der Waals surface area (Å²) < 4.78 is 5.32. The van der Waals surface area contributed by atoms with Crippen molar-refractivity contribution in [3.05, 3.63) is 0 Å². The van der Waals surface area contributed by atoms with E-state index in [0.717, 1.165) is 12.5 Å². The molecule has 0 bridgehead atoms. The Morgan fingerprint density at radius 3 is 2.30 bits per heavy atom. The van der Waals surface area contributed by atoms with Crippen LogP contribution in [0.4, 0.5) is 4.79 Å². The highest BCUT2D eigenvalue weighted by atomic mass is 16.6. The summed E-state index contributed by atoms with van der Waals surface area (Å²) in [6, 6.07) is 0.621. The molecule has 4 nitrogen and oxygen atoms in total. The van der Waals surface area contributed by atoms with E-state index in [9.17, 15) is 4.79 Å². The number of alkyl carbamates (subject to hydrolysis) is 1. The third-order valence-corrected chi connectivity index (χ3v) is 3.58. The topological polar surface area (TPSA) is 50.4 Å². The molecule has 1 amide bonds. The monoisotopic (exact) mass is 284 g/mol. The van der Waals surface area contributed by atoms with Gasteiger partial charge >= 0.3 is 6.09 Å². The molecule has 0 spiro atoms. The third-order valence-electron chi connectivity index (χ3n) is 3.58. The third kappa shape index (κ3) is 7.73. The number of nitrogens with one attached hydrogen (secondary N) is 2. The minimum Gasteiger partial charge on any atom is -0.444 e. The lowest BCUT2D eigenvalue weighted by molar-refractivity contribution is 0.0489. The minimum atomic E-state index is -0.446. The van der Waals surface area contributed by atoms with Gasteiger partial charge in [-0.2, -0.15) is 0 Å². The summed E-state index contributed by atoms with van der Waals surface area (Å²) in [5.41, 5.74) is -0.446. The molecule has 2 atom stereocenters. The van der Waals surface area contributed by atoms with E-state index in [0.29, 0.717) is 12.0 Å². The van der Waals surface area contributed by atoms with Crippen LogP contribution >= 0.6 is 0 Å². The Morgan fingerprint density at radius 1 is 1.25 bits per heavy atom. The summed E-state index contributed by atoms with van der Waals surface area (Å²) in [7, 11) is 0. The van der Waals surface area contributed by atoms with Gasteiger partial charge in [0.2, 0.25) is 0 Å². The number of hydrogen-bond acceptors (Lipinski definition) is 3. The molecule has 1 saturated carbocycles. The van der Waals surface area contributed by atoms with Gasteiger partial charge < -0.3 is 15.4 Å². The van der Waals surface area contributed by atoms with E-state index in [1.807, 2.05) is 20.8 Å². The number of ether oxygens (including phenoxy) is 1. The van der Waals surface area contributed by atoms with Crippen molar-refractivity contribution in [1.82, 2.24) is 10.6 Å². The molecule has 118 valence electrons. The Labute approximate surface area is 124 Å². The van der Waals surface area contributed by atoms with Crippen LogP contribution in [-0.2, 0) is 4.74 Å². The summed E-state index contributed by atoms with van der Waals surface area (Å²) in [4.78, 5) is 11.8. The maximum absolute atomic E-state index is 11.8. The number of carbonyl (C=O) groups is 1. The van der Waals surface area contributed by atoms with Crippen molar-refractivity contribution in [1.29, 1.82) is 0 Å². The van der Waals surface area contributed by atoms with E-state index >= 15 is 0 Å². The van der Waals surface area contributed by atoms with Gasteiger partial charge in [-0.1, -0.05) is 26.7 Å². The predicted octanol–water partition coefficient (Wildman–Crippen LogP) is 3.31. The zero-order valence-electron chi connectivity index (χ0n) is 14.0. The van der Waals surface area contributed by atoms with E-state index in [2.05, 4.69) is 31.4 Å². The average Bonchev–Trinajstić information content (AvgIpc) is 3.04. The van der Waals surface area contributed by atoms with E-state index < -0.39 is 5.60 Å². The zero-order valence-corrected chi connectivity index (χ0v) is 14.0. The molecule has 0 aromatic carbocycles. The normalized spacial score (nSPS) is 18.8. The minimum absolute atomic E-state index is 0.103. The first-order valence-corrected chi connectivity index (χ1v) is 7.90. The van der Waals surface area contributed by atoms with Crippen LogP contribution in [0.3, 0.4) is 0 Å². The molecule has 4 heteroatoms. The number of carbonyl (C=O) groups excluding carboxylic acids is 1. The second-order valence-electron chi connectivity index (χ2n) is 7.49. The van der Waals surface area contributed by atoms with Crippen LogP contribution in [0.1, 0.15) is 60.8 Å². The summed E-state index contributed by atoms with van der Waals surface area (Å²) >= 11 is 0. The molecule has 1 aliphatic rings. The fourth-order valence-electron chi connectivity index (χ4n) is 2.18. The molecule has 2 N–H and O–H groups in total. The van der Waals surface area contributed by atoms with E-state index in [4.69, 9.17) is 4.74 Å². The van der Waals surface area contributed by atoms with Crippen molar-refractivity contribution in [3.8, 4) is 0 Å². The van der Waals surface area contributed by atoms with Gasteiger partial charge in [0.05, 0.1) is 0 Å². The summed E-state index contributed by atoms with van der Waals surface area (Å²) in [5.74, 6) is 1.30.